The van der Waals surface area contributed by atoms with Crippen molar-refractivity contribution in [3.05, 3.63) is 23.8 Å². The molecule has 0 heterocycles. The van der Waals surface area contributed by atoms with Crippen LogP contribution in [0.4, 0.5) is 0 Å². The number of aliphatic hydroxyl groups is 1. The number of nitrogens with one attached hydrogen (secondary N) is 1. The summed E-state index contributed by atoms with van der Waals surface area (Å²) in [5.74, 6) is -1.96. The molecule has 0 bridgehead atoms. The molecular weight excluding hydrogens is 302 g/mol. The van der Waals surface area contributed by atoms with E-state index in [4.69, 9.17) is 14.9 Å². The van der Waals surface area contributed by atoms with Crippen LogP contribution in [0, 0.1) is 0 Å². The highest BCUT2D eigenvalue weighted by Gasteiger charge is 2.22. The van der Waals surface area contributed by atoms with Gasteiger partial charge in [0.25, 0.3) is 0 Å². The molecule has 0 spiro atoms. The number of aromatic hydroxyl groups is 1. The lowest BCUT2D eigenvalue weighted by Gasteiger charge is -2.17. The highest BCUT2D eigenvalue weighted by molar-refractivity contribution is 7.89. The number of hydrogen-bond acceptors (Lipinski definition) is 6. The summed E-state index contributed by atoms with van der Waals surface area (Å²) in [6, 6.07) is 2.30. The average Bonchev–Trinajstić information content (AvgIpc) is 2.38. The Morgan fingerprint density at radius 3 is 2.62 bits per heavy atom. The molecule has 1 rings (SSSR count). The zero-order valence-corrected chi connectivity index (χ0v) is 12.1. The third kappa shape index (κ3) is 4.67. The summed E-state index contributed by atoms with van der Waals surface area (Å²) in [5.41, 5.74) is -0.511. The van der Waals surface area contributed by atoms with E-state index < -0.39 is 33.3 Å². The van der Waals surface area contributed by atoms with Crippen LogP contribution in [0.15, 0.2) is 23.1 Å². The van der Waals surface area contributed by atoms with E-state index in [9.17, 15) is 18.3 Å². The molecule has 0 aliphatic carbocycles. The molecule has 0 fully saturated rings. The summed E-state index contributed by atoms with van der Waals surface area (Å²) in [5, 5.41) is 27.1. The minimum atomic E-state index is -3.99. The fourth-order valence-electron chi connectivity index (χ4n) is 1.67. The molecule has 0 aliphatic rings. The van der Waals surface area contributed by atoms with Crippen LogP contribution in [0.3, 0.4) is 0 Å². The maximum absolute atomic E-state index is 12.2. The highest BCUT2D eigenvalue weighted by atomic mass is 32.2. The smallest absolute Gasteiger partial charge is 0.339 e. The fraction of sp³-hybridized carbons (Fsp3) is 0.417. The molecule has 21 heavy (non-hydrogen) atoms. The number of ether oxygens (including phenoxy) is 1. The lowest BCUT2D eigenvalue weighted by Crippen LogP contribution is -2.38. The lowest BCUT2D eigenvalue weighted by atomic mass is 10.2. The van der Waals surface area contributed by atoms with Crippen LogP contribution in [-0.4, -0.2) is 56.1 Å². The van der Waals surface area contributed by atoms with E-state index in [1.807, 2.05) is 0 Å². The van der Waals surface area contributed by atoms with Gasteiger partial charge < -0.3 is 20.1 Å². The maximum Gasteiger partial charge on any atom is 0.339 e. The number of carbonyl (C=O) groups is 1. The van der Waals surface area contributed by atoms with Gasteiger partial charge in [0, 0.05) is 19.8 Å². The first-order valence-corrected chi connectivity index (χ1v) is 7.48. The predicted molar refractivity (Wildman–Crippen MR) is 72.8 cm³/mol. The Hall–Kier alpha value is -1.68. The van der Waals surface area contributed by atoms with Gasteiger partial charge in [0.1, 0.15) is 11.3 Å². The van der Waals surface area contributed by atoms with Gasteiger partial charge in [-0.15, -0.1) is 0 Å². The number of phenols is 1. The van der Waals surface area contributed by atoms with E-state index in [1.54, 1.807) is 0 Å². The van der Waals surface area contributed by atoms with E-state index in [1.165, 1.54) is 7.11 Å². The van der Waals surface area contributed by atoms with Crippen molar-refractivity contribution in [2.75, 3.05) is 20.3 Å². The minimum absolute atomic E-state index is 0.0592. The van der Waals surface area contributed by atoms with Crippen molar-refractivity contribution in [2.45, 2.75) is 17.4 Å². The minimum Gasteiger partial charge on any atom is -0.507 e. The third-order valence-electron chi connectivity index (χ3n) is 2.68. The molecule has 8 nitrogen and oxygen atoms in total. The number of hydrogen-bond donors (Lipinski definition) is 4. The van der Waals surface area contributed by atoms with Gasteiger partial charge in [-0.2, -0.15) is 0 Å². The first-order chi connectivity index (χ1) is 9.81. The summed E-state index contributed by atoms with van der Waals surface area (Å²) in [6.45, 7) is -0.170. The van der Waals surface area contributed by atoms with Crippen LogP contribution < -0.4 is 4.72 Å². The number of sulfonamides is 1. The summed E-state index contributed by atoms with van der Waals surface area (Å²) >= 11 is 0. The normalized spacial score (nSPS) is 13.0. The first-order valence-electron chi connectivity index (χ1n) is 6.00. The summed E-state index contributed by atoms with van der Waals surface area (Å²) in [6.07, 6.45) is 0.150. The van der Waals surface area contributed by atoms with Crippen molar-refractivity contribution in [3.63, 3.8) is 0 Å². The molecule has 0 radical (unpaired) electrons. The van der Waals surface area contributed by atoms with Gasteiger partial charge in [-0.25, -0.2) is 17.9 Å². The lowest BCUT2D eigenvalue weighted by molar-refractivity contribution is 0.0693. The zero-order chi connectivity index (χ0) is 16.0. The molecule has 0 saturated carbocycles. The Labute approximate surface area is 122 Å². The van der Waals surface area contributed by atoms with Gasteiger partial charge in [-0.3, -0.25) is 0 Å². The second kappa shape index (κ2) is 7.36. The number of carboxylic acid groups (broad SMARTS) is 1. The predicted octanol–water partition coefficient (Wildman–Crippen LogP) is -0.234. The second-order valence-corrected chi connectivity index (χ2v) is 5.98. The van der Waals surface area contributed by atoms with Crippen LogP contribution in [0.1, 0.15) is 16.8 Å². The molecule has 1 unspecified atom stereocenters. The molecule has 118 valence electrons. The quantitative estimate of drug-likeness (QED) is 0.520. The Morgan fingerprint density at radius 1 is 1.43 bits per heavy atom. The van der Waals surface area contributed by atoms with Crippen LogP contribution >= 0.6 is 0 Å². The van der Waals surface area contributed by atoms with Crippen LogP contribution in [-0.2, 0) is 14.8 Å². The number of methoxy groups -OCH3 is 1. The van der Waals surface area contributed by atoms with Gasteiger partial charge in [0.2, 0.25) is 10.0 Å². The van der Waals surface area contributed by atoms with Crippen molar-refractivity contribution in [3.8, 4) is 5.75 Å². The van der Waals surface area contributed by atoms with E-state index in [-0.39, 0.29) is 24.5 Å². The Kier molecular flexibility index (Phi) is 6.09. The number of aromatic carboxylic acids is 1. The Balaban J connectivity index is 3.07. The number of carboxylic acids is 1. The molecule has 4 N–H and O–H groups in total. The van der Waals surface area contributed by atoms with Gasteiger partial charge in [-0.05, 0) is 24.6 Å². The van der Waals surface area contributed by atoms with Crippen LogP contribution in [0.5, 0.6) is 5.75 Å². The number of aliphatic hydroxyl groups excluding tert-OH is 1. The molecule has 0 aromatic heterocycles. The molecule has 0 saturated heterocycles. The van der Waals surface area contributed by atoms with Gasteiger partial charge in [0.15, 0.2) is 0 Å². The molecule has 0 aliphatic heterocycles. The van der Waals surface area contributed by atoms with Gasteiger partial charge in [-0.1, -0.05) is 0 Å². The van der Waals surface area contributed by atoms with Crippen LogP contribution in [0.2, 0.25) is 0 Å². The van der Waals surface area contributed by atoms with Crippen molar-refractivity contribution in [2.24, 2.45) is 0 Å². The number of benzene rings is 1. The topological polar surface area (TPSA) is 133 Å². The first kappa shape index (κ1) is 17.4. The third-order valence-corrected chi connectivity index (χ3v) is 4.19. The maximum atomic E-state index is 12.2. The van der Waals surface area contributed by atoms with Crippen molar-refractivity contribution < 1.29 is 33.3 Å². The SMILES string of the molecule is COCC(CCO)NS(=O)(=O)c1ccc(O)c(C(=O)O)c1. The van der Waals surface area contributed by atoms with Crippen molar-refractivity contribution in [1.82, 2.24) is 4.72 Å². The fourth-order valence-corrected chi connectivity index (χ4v) is 2.96. The molecule has 9 heteroatoms. The molecule has 1 aromatic rings. The zero-order valence-electron chi connectivity index (χ0n) is 11.3. The molecular formula is C12H17NO7S. The largest absolute Gasteiger partial charge is 0.507 e. The number of rotatable bonds is 8. The highest BCUT2D eigenvalue weighted by Crippen LogP contribution is 2.21. The van der Waals surface area contributed by atoms with Gasteiger partial charge in [0.05, 0.1) is 11.5 Å². The summed E-state index contributed by atoms with van der Waals surface area (Å²) in [7, 11) is -2.60. The van der Waals surface area contributed by atoms with E-state index >= 15 is 0 Å². The van der Waals surface area contributed by atoms with Crippen LogP contribution in [0.25, 0.3) is 0 Å². The Bertz CT molecular complexity index is 594. The van der Waals surface area contributed by atoms with Crippen molar-refractivity contribution in [1.29, 1.82) is 0 Å². The van der Waals surface area contributed by atoms with E-state index in [2.05, 4.69) is 4.72 Å². The average molecular weight is 319 g/mol. The Morgan fingerprint density at radius 2 is 2.10 bits per heavy atom. The molecule has 0 amide bonds. The van der Waals surface area contributed by atoms with Crippen molar-refractivity contribution >= 4 is 16.0 Å². The van der Waals surface area contributed by atoms with Gasteiger partial charge >= 0.3 is 5.97 Å². The molecule has 1 atom stereocenters. The molecule has 1 aromatic carbocycles. The monoisotopic (exact) mass is 319 g/mol. The summed E-state index contributed by atoms with van der Waals surface area (Å²) in [4.78, 5) is 10.6. The standard InChI is InChI=1S/C12H17NO7S/c1-20-7-8(4-5-14)13-21(18,19)9-2-3-11(15)10(6-9)12(16)17/h2-3,6,8,13-15H,4-5,7H2,1H3,(H,16,17). The van der Waals surface area contributed by atoms with E-state index in [0.717, 1.165) is 18.2 Å². The van der Waals surface area contributed by atoms with E-state index in [0.29, 0.717) is 0 Å². The summed E-state index contributed by atoms with van der Waals surface area (Å²) < 4.78 is 31.5. The second-order valence-electron chi connectivity index (χ2n) is 4.27.